The maximum absolute atomic E-state index is 4.78. The highest BCUT2D eigenvalue weighted by molar-refractivity contribution is 7.13. The van der Waals surface area contributed by atoms with E-state index < -0.39 is 0 Å². The van der Waals surface area contributed by atoms with E-state index in [1.807, 2.05) is 0 Å². The average molecular weight is 651 g/mol. The van der Waals surface area contributed by atoms with Crippen molar-refractivity contribution in [2.24, 2.45) is 0 Å². The number of hydrogen-bond donors (Lipinski definition) is 0. The van der Waals surface area contributed by atoms with Crippen LogP contribution in [0.4, 0.5) is 34.1 Å². The molecular formula is C44H34N4S. The SMILES string of the molecule is Cc1ccc(N(c2ccccc2)c2ccccc2-c2ccc(-c3ccccc3N(c3ccccc3)c3ccc(C)cc3)c3snnc23)cc1. The topological polar surface area (TPSA) is 32.3 Å². The molecule has 8 rings (SSSR count). The molecule has 0 saturated carbocycles. The number of fused-ring (bicyclic) bond motifs is 1. The number of hydrogen-bond acceptors (Lipinski definition) is 5. The first-order valence-electron chi connectivity index (χ1n) is 16.4. The third-order valence-corrected chi connectivity index (χ3v) is 9.65. The van der Waals surface area contributed by atoms with Crippen LogP contribution in [0, 0.1) is 13.8 Å². The summed E-state index contributed by atoms with van der Waals surface area (Å²) in [5, 5.41) is 4.78. The summed E-state index contributed by atoms with van der Waals surface area (Å²) in [6, 6.07) is 60.2. The van der Waals surface area contributed by atoms with Crippen LogP contribution in [-0.4, -0.2) is 9.59 Å². The van der Waals surface area contributed by atoms with Crippen LogP contribution >= 0.6 is 11.5 Å². The maximum Gasteiger partial charge on any atom is 0.114 e. The summed E-state index contributed by atoms with van der Waals surface area (Å²) in [6.07, 6.45) is 0. The Labute approximate surface area is 291 Å². The standard InChI is InChI=1S/C44H34N4S/c1-31-21-25-35(26-22-31)47(33-13-5-3-6-14-33)41-19-11-9-17-37(41)39-29-30-40(44-43(39)45-46-49-44)38-18-10-12-20-42(38)48(34-15-7-4-8-16-34)36-27-23-32(2)24-28-36/h3-30H,1-2H3. The minimum Gasteiger partial charge on any atom is -0.310 e. The van der Waals surface area contributed by atoms with Gasteiger partial charge in [0.1, 0.15) is 5.52 Å². The van der Waals surface area contributed by atoms with Gasteiger partial charge in [0.25, 0.3) is 0 Å². The molecular weight excluding hydrogens is 617 g/mol. The first-order chi connectivity index (χ1) is 24.2. The third-order valence-electron chi connectivity index (χ3n) is 8.89. The van der Waals surface area contributed by atoms with Crippen LogP contribution in [-0.2, 0) is 0 Å². The fraction of sp³-hybridized carbons (Fsp3) is 0.0455. The molecule has 1 heterocycles. The highest BCUT2D eigenvalue weighted by atomic mass is 32.1. The first kappa shape index (κ1) is 30.3. The van der Waals surface area contributed by atoms with Gasteiger partial charge in [-0.05, 0) is 86.0 Å². The van der Waals surface area contributed by atoms with Crippen LogP contribution in [0.5, 0.6) is 0 Å². The molecule has 1 aromatic heterocycles. The molecule has 0 atom stereocenters. The zero-order chi connectivity index (χ0) is 33.2. The minimum atomic E-state index is 0.892. The van der Waals surface area contributed by atoms with Gasteiger partial charge >= 0.3 is 0 Å². The van der Waals surface area contributed by atoms with Crippen molar-refractivity contribution < 1.29 is 0 Å². The Hall–Kier alpha value is -6.04. The second-order valence-electron chi connectivity index (χ2n) is 12.2. The highest BCUT2D eigenvalue weighted by Crippen LogP contribution is 2.47. The van der Waals surface area contributed by atoms with Crippen LogP contribution in [0.25, 0.3) is 32.5 Å². The van der Waals surface area contributed by atoms with Gasteiger partial charge in [-0.2, -0.15) is 0 Å². The molecule has 0 aliphatic carbocycles. The van der Waals surface area contributed by atoms with E-state index in [1.165, 1.54) is 22.7 Å². The zero-order valence-electron chi connectivity index (χ0n) is 27.4. The van der Waals surface area contributed by atoms with Crippen molar-refractivity contribution in [2.75, 3.05) is 9.80 Å². The normalized spacial score (nSPS) is 11.1. The summed E-state index contributed by atoms with van der Waals surface area (Å²) >= 11 is 1.45. The smallest absolute Gasteiger partial charge is 0.114 e. The number of aryl methyl sites for hydroxylation is 2. The monoisotopic (exact) mass is 650 g/mol. The highest BCUT2D eigenvalue weighted by Gasteiger charge is 2.23. The molecule has 7 aromatic carbocycles. The number of nitrogens with zero attached hydrogens (tertiary/aromatic N) is 4. The van der Waals surface area contributed by atoms with E-state index in [1.54, 1.807) is 0 Å². The Morgan fingerprint density at radius 3 is 1.31 bits per heavy atom. The molecule has 0 amide bonds. The molecule has 0 bridgehead atoms. The van der Waals surface area contributed by atoms with E-state index in [4.69, 9.17) is 5.10 Å². The number of rotatable bonds is 8. The summed E-state index contributed by atoms with van der Waals surface area (Å²) in [5.74, 6) is 0. The van der Waals surface area contributed by atoms with Crippen molar-refractivity contribution >= 4 is 55.9 Å². The van der Waals surface area contributed by atoms with Crippen molar-refractivity contribution in [1.82, 2.24) is 9.59 Å². The van der Waals surface area contributed by atoms with E-state index in [-0.39, 0.29) is 0 Å². The lowest BCUT2D eigenvalue weighted by atomic mass is 9.95. The Balaban J connectivity index is 1.30. The van der Waals surface area contributed by atoms with Crippen LogP contribution < -0.4 is 9.80 Å². The van der Waals surface area contributed by atoms with Crippen molar-refractivity contribution in [1.29, 1.82) is 0 Å². The molecule has 49 heavy (non-hydrogen) atoms. The lowest BCUT2D eigenvalue weighted by Gasteiger charge is -2.28. The van der Waals surface area contributed by atoms with Crippen LogP contribution in [0.15, 0.2) is 170 Å². The Morgan fingerprint density at radius 1 is 0.388 bits per heavy atom. The maximum atomic E-state index is 4.78. The fourth-order valence-corrected chi connectivity index (χ4v) is 7.20. The molecule has 0 N–H and O–H groups in total. The molecule has 0 saturated heterocycles. The van der Waals surface area contributed by atoms with Gasteiger partial charge < -0.3 is 9.80 Å². The average Bonchev–Trinajstić information content (AvgIpc) is 3.65. The van der Waals surface area contributed by atoms with Gasteiger partial charge in [0.05, 0.1) is 16.1 Å². The van der Waals surface area contributed by atoms with Gasteiger partial charge in [0.15, 0.2) is 0 Å². The Morgan fingerprint density at radius 2 is 0.796 bits per heavy atom. The van der Waals surface area contributed by atoms with Gasteiger partial charge in [-0.15, -0.1) is 5.10 Å². The van der Waals surface area contributed by atoms with Gasteiger partial charge in [0.2, 0.25) is 0 Å². The van der Waals surface area contributed by atoms with E-state index >= 15 is 0 Å². The second-order valence-corrected chi connectivity index (χ2v) is 12.9. The van der Waals surface area contributed by atoms with E-state index in [0.717, 1.165) is 66.6 Å². The van der Waals surface area contributed by atoms with Gasteiger partial charge in [-0.1, -0.05) is 125 Å². The first-order valence-corrected chi connectivity index (χ1v) is 17.2. The number of benzene rings is 7. The summed E-state index contributed by atoms with van der Waals surface area (Å²) in [7, 11) is 0. The lowest BCUT2D eigenvalue weighted by molar-refractivity contribution is 1.20. The van der Waals surface area contributed by atoms with Gasteiger partial charge in [-0.3, -0.25) is 0 Å². The molecule has 0 unspecified atom stereocenters. The van der Waals surface area contributed by atoms with Crippen LogP contribution in [0.1, 0.15) is 11.1 Å². The number of anilines is 6. The van der Waals surface area contributed by atoms with Crippen molar-refractivity contribution in [3.05, 3.63) is 181 Å². The Bertz CT molecular complexity index is 2180. The molecule has 0 aliphatic heterocycles. The van der Waals surface area contributed by atoms with E-state index in [0.29, 0.717) is 0 Å². The number of para-hydroxylation sites is 4. The van der Waals surface area contributed by atoms with E-state index in [2.05, 4.69) is 198 Å². The summed E-state index contributed by atoms with van der Waals surface area (Å²) in [5.41, 5.74) is 14.3. The molecule has 4 nitrogen and oxygen atoms in total. The lowest BCUT2D eigenvalue weighted by Crippen LogP contribution is -2.11. The van der Waals surface area contributed by atoms with Gasteiger partial charge in [0, 0.05) is 45.0 Å². The molecule has 0 radical (unpaired) electrons. The molecule has 0 aliphatic rings. The predicted octanol–water partition coefficient (Wildman–Crippen LogP) is 12.6. The van der Waals surface area contributed by atoms with E-state index in [9.17, 15) is 0 Å². The molecule has 0 spiro atoms. The van der Waals surface area contributed by atoms with Crippen LogP contribution in [0.2, 0.25) is 0 Å². The Kier molecular flexibility index (Phi) is 8.18. The fourth-order valence-electron chi connectivity index (χ4n) is 6.48. The van der Waals surface area contributed by atoms with Gasteiger partial charge in [-0.25, -0.2) is 0 Å². The van der Waals surface area contributed by atoms with Crippen LogP contribution in [0.3, 0.4) is 0 Å². The molecule has 236 valence electrons. The van der Waals surface area contributed by atoms with Crippen molar-refractivity contribution in [3.63, 3.8) is 0 Å². The van der Waals surface area contributed by atoms with Crippen molar-refractivity contribution in [3.8, 4) is 22.3 Å². The molecule has 8 aromatic rings. The quantitative estimate of drug-likeness (QED) is 0.164. The van der Waals surface area contributed by atoms with Crippen molar-refractivity contribution in [2.45, 2.75) is 13.8 Å². The summed E-state index contributed by atoms with van der Waals surface area (Å²) in [4.78, 5) is 4.65. The third kappa shape index (κ3) is 5.86. The predicted molar refractivity (Wildman–Crippen MR) is 207 cm³/mol. The minimum absolute atomic E-state index is 0.892. The second kappa shape index (κ2) is 13.2. The number of aromatic nitrogens is 2. The largest absolute Gasteiger partial charge is 0.310 e. The summed E-state index contributed by atoms with van der Waals surface area (Å²) in [6.45, 7) is 4.24. The zero-order valence-corrected chi connectivity index (χ0v) is 28.2. The summed E-state index contributed by atoms with van der Waals surface area (Å²) < 4.78 is 5.59. The molecule has 0 fully saturated rings. The molecule has 5 heteroatoms.